The third-order valence-electron chi connectivity index (χ3n) is 3.61. The Morgan fingerprint density at radius 3 is 2.70 bits per heavy atom. The van der Waals surface area contributed by atoms with Gasteiger partial charge in [-0.3, -0.25) is 14.3 Å². The van der Waals surface area contributed by atoms with Crippen LogP contribution in [0.4, 0.5) is 4.39 Å². The van der Waals surface area contributed by atoms with E-state index >= 15 is 0 Å². The third kappa shape index (κ3) is 3.43. The lowest BCUT2D eigenvalue weighted by Crippen LogP contribution is -2.33. The number of carbonyl (C=O) groups is 1. The van der Waals surface area contributed by atoms with Gasteiger partial charge in [0.15, 0.2) is 0 Å². The topological polar surface area (TPSA) is 49.4 Å². The van der Waals surface area contributed by atoms with Crippen LogP contribution >= 0.6 is 0 Å². The first-order chi connectivity index (χ1) is 9.49. The fourth-order valence-corrected chi connectivity index (χ4v) is 2.66. The molecule has 0 radical (unpaired) electrons. The molecule has 1 N–H and O–H groups in total. The van der Waals surface area contributed by atoms with E-state index in [0.29, 0.717) is 13.0 Å². The van der Waals surface area contributed by atoms with Gasteiger partial charge in [0.1, 0.15) is 12.0 Å². The first kappa shape index (κ1) is 15.1. The molecule has 1 saturated heterocycles. The van der Waals surface area contributed by atoms with Crippen molar-refractivity contribution in [3.63, 3.8) is 0 Å². The molecule has 3 atom stereocenters. The molecule has 0 bridgehead atoms. The lowest BCUT2D eigenvalue weighted by Gasteiger charge is -2.25. The molecule has 0 aromatic heterocycles. The van der Waals surface area contributed by atoms with Crippen LogP contribution in [0.25, 0.3) is 0 Å². The highest BCUT2D eigenvalue weighted by molar-refractivity contribution is 7.84. The normalized spacial score (nSPS) is 22.1. The van der Waals surface area contributed by atoms with Gasteiger partial charge < -0.3 is 4.90 Å². The molecular formula is C14H19FN2O2S. The minimum absolute atomic E-state index is 0.0217. The van der Waals surface area contributed by atoms with E-state index in [0.717, 1.165) is 5.56 Å². The third-order valence-corrected chi connectivity index (χ3v) is 4.98. The van der Waals surface area contributed by atoms with E-state index in [1.807, 2.05) is 6.92 Å². The summed E-state index contributed by atoms with van der Waals surface area (Å²) >= 11 is 0. The van der Waals surface area contributed by atoms with Gasteiger partial charge >= 0.3 is 0 Å². The molecule has 3 unspecified atom stereocenters. The summed E-state index contributed by atoms with van der Waals surface area (Å²) in [5.74, 6) is -0.270. The second kappa shape index (κ2) is 6.45. The molecule has 110 valence electrons. The van der Waals surface area contributed by atoms with E-state index in [4.69, 9.17) is 0 Å². The van der Waals surface area contributed by atoms with Gasteiger partial charge in [-0.25, -0.2) is 4.39 Å². The van der Waals surface area contributed by atoms with Gasteiger partial charge in [0.05, 0.1) is 6.54 Å². The van der Waals surface area contributed by atoms with Gasteiger partial charge in [-0.2, -0.15) is 0 Å². The molecule has 20 heavy (non-hydrogen) atoms. The summed E-state index contributed by atoms with van der Waals surface area (Å²) in [5, 5.41) is 3.18. The average Bonchev–Trinajstić information content (AvgIpc) is 2.78. The molecular weight excluding hydrogens is 279 g/mol. The number of halogens is 1. The molecule has 0 aliphatic carbocycles. The van der Waals surface area contributed by atoms with Gasteiger partial charge in [0.25, 0.3) is 0 Å². The SMILES string of the molecule is CC(CCN1C(=O)CNC1c1ccc(F)cc1)S(C)=O. The molecule has 1 aromatic carbocycles. The molecule has 1 aliphatic heterocycles. The Labute approximate surface area is 120 Å². The molecule has 1 aromatic rings. The Hall–Kier alpha value is -1.27. The Bertz CT molecular complexity index is 506. The Morgan fingerprint density at radius 2 is 2.10 bits per heavy atom. The zero-order valence-corrected chi connectivity index (χ0v) is 12.5. The van der Waals surface area contributed by atoms with Crippen molar-refractivity contribution >= 4 is 16.7 Å². The van der Waals surface area contributed by atoms with Crippen LogP contribution in [0.3, 0.4) is 0 Å². The van der Waals surface area contributed by atoms with Crippen LogP contribution in [-0.2, 0) is 15.6 Å². The molecule has 1 aliphatic rings. The highest BCUT2D eigenvalue weighted by atomic mass is 32.2. The van der Waals surface area contributed by atoms with E-state index in [9.17, 15) is 13.4 Å². The van der Waals surface area contributed by atoms with E-state index in [-0.39, 0.29) is 29.7 Å². The number of benzene rings is 1. The van der Waals surface area contributed by atoms with Crippen LogP contribution in [0, 0.1) is 5.82 Å². The van der Waals surface area contributed by atoms with Gasteiger partial charge in [-0.05, 0) is 24.1 Å². The maximum absolute atomic E-state index is 13.0. The molecule has 4 nitrogen and oxygen atoms in total. The summed E-state index contributed by atoms with van der Waals surface area (Å²) < 4.78 is 24.3. The molecule has 2 rings (SSSR count). The van der Waals surface area contributed by atoms with Crippen LogP contribution in [0.1, 0.15) is 25.1 Å². The van der Waals surface area contributed by atoms with Crippen molar-refractivity contribution in [2.24, 2.45) is 0 Å². The van der Waals surface area contributed by atoms with E-state index in [1.54, 1.807) is 23.3 Å². The first-order valence-corrected chi connectivity index (χ1v) is 8.21. The van der Waals surface area contributed by atoms with Crippen molar-refractivity contribution in [1.82, 2.24) is 10.2 Å². The van der Waals surface area contributed by atoms with Crippen molar-refractivity contribution in [2.75, 3.05) is 19.3 Å². The fourth-order valence-electron chi connectivity index (χ4n) is 2.22. The second-order valence-electron chi connectivity index (χ2n) is 5.02. The van der Waals surface area contributed by atoms with Crippen molar-refractivity contribution < 1.29 is 13.4 Å². The number of hydrogen-bond donors (Lipinski definition) is 1. The number of nitrogens with zero attached hydrogens (tertiary/aromatic N) is 1. The minimum atomic E-state index is -0.888. The molecule has 0 spiro atoms. The van der Waals surface area contributed by atoms with E-state index in [2.05, 4.69) is 5.32 Å². The summed E-state index contributed by atoms with van der Waals surface area (Å²) in [6.07, 6.45) is 2.14. The predicted octanol–water partition coefficient (Wildman–Crippen LogP) is 1.41. The predicted molar refractivity (Wildman–Crippen MR) is 77.0 cm³/mol. The molecule has 0 saturated carbocycles. The second-order valence-corrected chi connectivity index (χ2v) is 6.82. The van der Waals surface area contributed by atoms with Crippen LogP contribution in [0.5, 0.6) is 0 Å². The molecule has 6 heteroatoms. The summed E-state index contributed by atoms with van der Waals surface area (Å²) in [5.41, 5.74) is 0.863. The van der Waals surface area contributed by atoms with Gasteiger partial charge in [0.2, 0.25) is 5.91 Å². The maximum Gasteiger partial charge on any atom is 0.238 e. The van der Waals surface area contributed by atoms with Crippen LogP contribution in [-0.4, -0.2) is 39.6 Å². The minimum Gasteiger partial charge on any atom is -0.322 e. The van der Waals surface area contributed by atoms with Crippen LogP contribution in [0.15, 0.2) is 24.3 Å². The number of hydrogen-bond acceptors (Lipinski definition) is 3. The number of carbonyl (C=O) groups excluding carboxylic acids is 1. The first-order valence-electron chi connectivity index (χ1n) is 6.59. The monoisotopic (exact) mass is 298 g/mol. The standard InChI is InChI=1S/C14H19FN2O2S/c1-10(20(2)19)7-8-17-13(18)9-16-14(17)11-3-5-12(15)6-4-11/h3-6,10,14,16H,7-9H2,1-2H3. The lowest BCUT2D eigenvalue weighted by molar-refractivity contribution is -0.128. The quantitative estimate of drug-likeness (QED) is 0.894. The number of amides is 1. The zero-order chi connectivity index (χ0) is 14.7. The molecule has 1 fully saturated rings. The van der Waals surface area contributed by atoms with Crippen LogP contribution < -0.4 is 5.32 Å². The summed E-state index contributed by atoms with van der Waals surface area (Å²) in [6, 6.07) is 6.14. The maximum atomic E-state index is 13.0. The average molecular weight is 298 g/mol. The zero-order valence-electron chi connectivity index (χ0n) is 11.6. The smallest absolute Gasteiger partial charge is 0.238 e. The summed E-state index contributed by atoms with van der Waals surface area (Å²) in [4.78, 5) is 13.7. The Morgan fingerprint density at radius 1 is 1.45 bits per heavy atom. The largest absolute Gasteiger partial charge is 0.322 e. The van der Waals surface area contributed by atoms with Gasteiger partial charge in [-0.15, -0.1) is 0 Å². The highest BCUT2D eigenvalue weighted by Gasteiger charge is 2.31. The molecule has 1 amide bonds. The Kier molecular flexibility index (Phi) is 4.88. The number of rotatable bonds is 5. The highest BCUT2D eigenvalue weighted by Crippen LogP contribution is 2.23. The van der Waals surface area contributed by atoms with Crippen molar-refractivity contribution in [3.05, 3.63) is 35.6 Å². The molecule has 1 heterocycles. The summed E-state index contributed by atoms with van der Waals surface area (Å²) in [6.45, 7) is 2.75. The van der Waals surface area contributed by atoms with E-state index in [1.165, 1.54) is 12.1 Å². The number of nitrogens with one attached hydrogen (secondary N) is 1. The van der Waals surface area contributed by atoms with Crippen LogP contribution in [0.2, 0.25) is 0 Å². The lowest BCUT2D eigenvalue weighted by atomic mass is 10.1. The van der Waals surface area contributed by atoms with Crippen molar-refractivity contribution in [1.29, 1.82) is 0 Å². The fraction of sp³-hybridized carbons (Fsp3) is 0.500. The van der Waals surface area contributed by atoms with E-state index < -0.39 is 10.8 Å². The van der Waals surface area contributed by atoms with Crippen molar-refractivity contribution in [2.45, 2.75) is 24.8 Å². The Balaban J connectivity index is 2.06. The summed E-state index contributed by atoms with van der Waals surface area (Å²) in [7, 11) is -0.888. The van der Waals surface area contributed by atoms with Gasteiger partial charge in [-0.1, -0.05) is 19.1 Å². The van der Waals surface area contributed by atoms with Crippen molar-refractivity contribution in [3.8, 4) is 0 Å². The van der Waals surface area contributed by atoms with Gasteiger partial charge in [0, 0.05) is 28.9 Å².